The Morgan fingerprint density at radius 3 is 2.66 bits per heavy atom. The van der Waals surface area contributed by atoms with Crippen LogP contribution in [0.4, 0.5) is 20.6 Å². The third kappa shape index (κ3) is 3.86. The summed E-state index contributed by atoms with van der Waals surface area (Å²) in [6, 6.07) is 12.3. The number of pyridine rings is 1. The van der Waals surface area contributed by atoms with Gasteiger partial charge in [0.05, 0.1) is 24.2 Å². The molecular formula is C21H16ClFN4O2. The van der Waals surface area contributed by atoms with Crippen LogP contribution in [0.15, 0.2) is 60.9 Å². The van der Waals surface area contributed by atoms with Gasteiger partial charge in [-0.25, -0.2) is 9.18 Å². The molecule has 0 aliphatic rings. The number of hydrogen-bond acceptors (Lipinski definition) is 3. The van der Waals surface area contributed by atoms with E-state index >= 15 is 0 Å². The molecule has 0 aliphatic heterocycles. The number of hydrogen-bond donors (Lipinski definition) is 3. The average Bonchev–Trinajstić information content (AvgIpc) is 3.06. The number of carbonyl (C=O) groups excluding carboxylic acids is 1. The second kappa shape index (κ2) is 7.81. The number of nitrogens with one attached hydrogen (secondary N) is 3. The van der Waals surface area contributed by atoms with Gasteiger partial charge in [0.25, 0.3) is 0 Å². The number of anilines is 2. The molecule has 8 heteroatoms. The van der Waals surface area contributed by atoms with Gasteiger partial charge in [0, 0.05) is 33.9 Å². The Balaban J connectivity index is 1.72. The Labute approximate surface area is 170 Å². The number of benzene rings is 2. The van der Waals surface area contributed by atoms with Crippen LogP contribution in [0.5, 0.6) is 5.75 Å². The van der Waals surface area contributed by atoms with Gasteiger partial charge in [0.15, 0.2) is 0 Å². The Hall–Kier alpha value is -3.58. The van der Waals surface area contributed by atoms with E-state index in [1.165, 1.54) is 19.2 Å². The molecule has 0 aliphatic carbocycles. The maximum absolute atomic E-state index is 13.9. The molecule has 4 aromatic rings. The molecule has 0 fully saturated rings. The first-order chi connectivity index (χ1) is 14.0. The minimum atomic E-state index is -0.522. The van der Waals surface area contributed by atoms with Crippen molar-refractivity contribution < 1.29 is 13.9 Å². The van der Waals surface area contributed by atoms with E-state index in [0.717, 1.165) is 5.56 Å². The van der Waals surface area contributed by atoms with Crippen molar-refractivity contribution in [3.05, 3.63) is 71.8 Å². The molecule has 146 valence electrons. The number of aromatic amines is 1. The summed E-state index contributed by atoms with van der Waals surface area (Å²) in [5.41, 5.74) is 2.99. The van der Waals surface area contributed by atoms with Gasteiger partial charge in [-0.05, 0) is 48.5 Å². The molecule has 3 N–H and O–H groups in total. The minimum Gasteiger partial charge on any atom is -0.495 e. The van der Waals surface area contributed by atoms with Crippen LogP contribution in [-0.4, -0.2) is 23.1 Å². The minimum absolute atomic E-state index is 0.405. The summed E-state index contributed by atoms with van der Waals surface area (Å²) in [6.07, 6.45) is 3.28. The van der Waals surface area contributed by atoms with Gasteiger partial charge in [-0.3, -0.25) is 4.98 Å². The molecule has 0 saturated heterocycles. The lowest BCUT2D eigenvalue weighted by Crippen LogP contribution is -2.20. The number of rotatable bonds is 4. The van der Waals surface area contributed by atoms with E-state index in [2.05, 4.69) is 20.6 Å². The van der Waals surface area contributed by atoms with Crippen molar-refractivity contribution in [2.75, 3.05) is 17.7 Å². The quantitative estimate of drug-likeness (QED) is 0.405. The van der Waals surface area contributed by atoms with Crippen LogP contribution in [-0.2, 0) is 0 Å². The van der Waals surface area contributed by atoms with Crippen LogP contribution >= 0.6 is 11.6 Å². The lowest BCUT2D eigenvalue weighted by molar-refractivity contribution is 0.262. The third-order valence-electron chi connectivity index (χ3n) is 4.38. The van der Waals surface area contributed by atoms with Gasteiger partial charge in [-0.15, -0.1) is 0 Å². The van der Waals surface area contributed by atoms with E-state index in [1.54, 1.807) is 48.8 Å². The normalized spacial score (nSPS) is 10.7. The fourth-order valence-corrected chi connectivity index (χ4v) is 3.25. The summed E-state index contributed by atoms with van der Waals surface area (Å²) in [4.78, 5) is 20.0. The van der Waals surface area contributed by atoms with Crippen LogP contribution in [0.3, 0.4) is 0 Å². The van der Waals surface area contributed by atoms with Gasteiger partial charge in [0.1, 0.15) is 11.6 Å². The molecule has 2 aromatic heterocycles. The Bertz CT molecular complexity index is 1190. The number of urea groups is 1. The van der Waals surface area contributed by atoms with Crippen LogP contribution in [0.25, 0.3) is 22.2 Å². The summed E-state index contributed by atoms with van der Waals surface area (Å²) in [6.45, 7) is 0. The molecule has 6 nitrogen and oxygen atoms in total. The first kappa shape index (κ1) is 18.8. The summed E-state index contributed by atoms with van der Waals surface area (Å²) in [7, 11) is 1.50. The van der Waals surface area contributed by atoms with Crippen LogP contribution in [0.2, 0.25) is 5.02 Å². The number of halogens is 2. The van der Waals surface area contributed by atoms with E-state index in [0.29, 0.717) is 38.7 Å². The fraction of sp³-hybridized carbons (Fsp3) is 0.0476. The second-order valence-electron chi connectivity index (χ2n) is 6.22. The number of methoxy groups -OCH3 is 1. The largest absolute Gasteiger partial charge is 0.495 e. The van der Waals surface area contributed by atoms with Gasteiger partial charge in [-0.1, -0.05) is 11.6 Å². The molecule has 0 unspecified atom stereocenters. The highest BCUT2D eigenvalue weighted by molar-refractivity contribution is 6.31. The van der Waals surface area contributed by atoms with E-state index < -0.39 is 11.8 Å². The number of fused-ring (bicyclic) bond motifs is 1. The molecule has 0 bridgehead atoms. The van der Waals surface area contributed by atoms with Gasteiger partial charge in [0.2, 0.25) is 0 Å². The molecular weight excluding hydrogens is 395 g/mol. The topological polar surface area (TPSA) is 79.0 Å². The summed E-state index contributed by atoms with van der Waals surface area (Å²) in [5, 5.41) is 6.53. The molecule has 2 amide bonds. The second-order valence-corrected chi connectivity index (χ2v) is 6.66. The Morgan fingerprint density at radius 2 is 1.90 bits per heavy atom. The third-order valence-corrected chi connectivity index (χ3v) is 4.61. The average molecular weight is 411 g/mol. The molecule has 0 atom stereocenters. The summed E-state index contributed by atoms with van der Waals surface area (Å²) < 4.78 is 19.1. The predicted molar refractivity (Wildman–Crippen MR) is 112 cm³/mol. The highest BCUT2D eigenvalue weighted by Gasteiger charge is 2.17. The van der Waals surface area contributed by atoms with E-state index in [1.807, 2.05) is 0 Å². The molecule has 0 saturated carbocycles. The van der Waals surface area contributed by atoms with Crippen molar-refractivity contribution in [3.63, 3.8) is 0 Å². The highest BCUT2D eigenvalue weighted by atomic mass is 35.5. The molecule has 2 heterocycles. The fourth-order valence-electron chi connectivity index (χ4n) is 3.07. The molecule has 0 spiro atoms. The van der Waals surface area contributed by atoms with E-state index in [9.17, 15) is 9.18 Å². The maximum atomic E-state index is 13.9. The molecule has 29 heavy (non-hydrogen) atoms. The number of H-pyrrole nitrogens is 1. The van der Waals surface area contributed by atoms with Gasteiger partial charge in [-0.2, -0.15) is 0 Å². The Morgan fingerprint density at radius 1 is 1.10 bits per heavy atom. The lowest BCUT2D eigenvalue weighted by Gasteiger charge is -2.12. The SMILES string of the molecule is COc1ccc(Cl)cc1NC(=O)Nc1c(-c2ccncc2)[nH]c2ccc(F)cc12. The summed E-state index contributed by atoms with van der Waals surface area (Å²) >= 11 is 6.02. The predicted octanol–water partition coefficient (Wildman–Crippen LogP) is 5.68. The first-order valence-corrected chi connectivity index (χ1v) is 9.06. The molecule has 0 radical (unpaired) electrons. The number of carbonyl (C=O) groups is 1. The maximum Gasteiger partial charge on any atom is 0.323 e. The van der Waals surface area contributed by atoms with Crippen molar-refractivity contribution in [1.82, 2.24) is 9.97 Å². The number of ether oxygens (including phenoxy) is 1. The van der Waals surface area contributed by atoms with Crippen molar-refractivity contribution in [2.45, 2.75) is 0 Å². The number of nitrogens with zero attached hydrogens (tertiary/aromatic N) is 1. The van der Waals surface area contributed by atoms with E-state index in [-0.39, 0.29) is 0 Å². The zero-order valence-corrected chi connectivity index (χ0v) is 16.0. The van der Waals surface area contributed by atoms with Crippen molar-refractivity contribution >= 4 is 39.9 Å². The lowest BCUT2D eigenvalue weighted by atomic mass is 10.1. The molecule has 2 aromatic carbocycles. The van der Waals surface area contributed by atoms with Gasteiger partial charge >= 0.3 is 6.03 Å². The number of aromatic nitrogens is 2. The zero-order valence-electron chi connectivity index (χ0n) is 15.3. The van der Waals surface area contributed by atoms with Crippen molar-refractivity contribution in [3.8, 4) is 17.0 Å². The number of amides is 2. The Kier molecular flexibility index (Phi) is 5.05. The van der Waals surface area contributed by atoms with Crippen LogP contribution in [0, 0.1) is 5.82 Å². The van der Waals surface area contributed by atoms with Crippen LogP contribution < -0.4 is 15.4 Å². The summed E-state index contributed by atoms with van der Waals surface area (Å²) in [5.74, 6) is 0.0571. The zero-order chi connectivity index (χ0) is 20.4. The molecule has 4 rings (SSSR count). The van der Waals surface area contributed by atoms with Crippen molar-refractivity contribution in [2.24, 2.45) is 0 Å². The standard InChI is InChI=1S/C21H16ClFN4O2/c1-29-18-5-2-13(22)10-17(18)26-21(28)27-20-15-11-14(23)3-4-16(15)25-19(20)12-6-8-24-9-7-12/h2-11,25H,1H3,(H2,26,27,28). The van der Waals surface area contributed by atoms with E-state index in [4.69, 9.17) is 16.3 Å². The van der Waals surface area contributed by atoms with Crippen molar-refractivity contribution in [1.29, 1.82) is 0 Å². The monoisotopic (exact) mass is 410 g/mol. The highest BCUT2D eigenvalue weighted by Crippen LogP contribution is 2.35. The first-order valence-electron chi connectivity index (χ1n) is 8.68. The van der Waals surface area contributed by atoms with Crippen LogP contribution in [0.1, 0.15) is 0 Å². The smallest absolute Gasteiger partial charge is 0.323 e. The van der Waals surface area contributed by atoms with Gasteiger partial charge < -0.3 is 20.4 Å².